The van der Waals surface area contributed by atoms with Crippen molar-refractivity contribution in [3.63, 3.8) is 0 Å². The molecule has 6 nitrogen and oxygen atoms in total. The van der Waals surface area contributed by atoms with E-state index in [4.69, 9.17) is 0 Å². The molecule has 2 atom stereocenters. The van der Waals surface area contributed by atoms with Crippen LogP contribution in [0.4, 0.5) is 5.69 Å². The second-order valence-electron chi connectivity index (χ2n) is 7.21. The van der Waals surface area contributed by atoms with Crippen LogP contribution in [-0.2, 0) is 0 Å². The molecule has 25 heavy (non-hydrogen) atoms. The SMILES string of the molecule is CN1CC[C@@H]2CCN(c3ccnc4[nH]cc(-c5cncnc5)c34)C[C@@H]21. The summed E-state index contributed by atoms with van der Waals surface area (Å²) < 4.78 is 0. The molecule has 5 heterocycles. The van der Waals surface area contributed by atoms with Crippen LogP contribution in [0.25, 0.3) is 22.2 Å². The minimum absolute atomic E-state index is 0.666. The standard InChI is InChI=1S/C19H22N6/c1-24-6-3-13-4-7-25(11-17(13)24)16-2-5-22-19-18(16)15(10-23-19)14-8-20-12-21-9-14/h2,5,8-10,12-13,17H,3-4,6-7,11H2,1H3,(H,22,23)/t13-,17+/m1/s1. The molecule has 5 rings (SSSR count). The van der Waals surface area contributed by atoms with Crippen molar-refractivity contribution < 1.29 is 0 Å². The number of fused-ring (bicyclic) bond motifs is 2. The van der Waals surface area contributed by atoms with E-state index in [1.54, 1.807) is 6.33 Å². The van der Waals surface area contributed by atoms with Crippen molar-refractivity contribution in [3.8, 4) is 11.1 Å². The fourth-order valence-electron chi connectivity index (χ4n) is 4.54. The highest BCUT2D eigenvalue weighted by atomic mass is 15.2. The minimum atomic E-state index is 0.666. The Kier molecular flexibility index (Phi) is 3.45. The lowest BCUT2D eigenvalue weighted by atomic mass is 9.91. The highest BCUT2D eigenvalue weighted by molar-refractivity contribution is 6.02. The van der Waals surface area contributed by atoms with Gasteiger partial charge in [0.05, 0.1) is 5.39 Å². The number of likely N-dealkylation sites (tertiary alicyclic amines) is 1. The molecule has 0 unspecified atom stereocenters. The maximum absolute atomic E-state index is 4.53. The average Bonchev–Trinajstić information content (AvgIpc) is 3.26. The number of hydrogen-bond donors (Lipinski definition) is 1. The largest absolute Gasteiger partial charge is 0.369 e. The average molecular weight is 334 g/mol. The predicted octanol–water partition coefficient (Wildman–Crippen LogP) is 2.55. The summed E-state index contributed by atoms with van der Waals surface area (Å²) in [6.45, 7) is 3.44. The molecule has 0 amide bonds. The minimum Gasteiger partial charge on any atom is -0.369 e. The number of nitrogens with one attached hydrogen (secondary N) is 1. The molecule has 0 spiro atoms. The highest BCUT2D eigenvalue weighted by Gasteiger charge is 2.37. The summed E-state index contributed by atoms with van der Waals surface area (Å²) in [5, 5.41) is 1.18. The molecule has 0 radical (unpaired) electrons. The zero-order valence-corrected chi connectivity index (χ0v) is 14.4. The summed E-state index contributed by atoms with van der Waals surface area (Å²) in [6.07, 6.45) is 11.8. The Morgan fingerprint density at radius 2 is 2.00 bits per heavy atom. The molecule has 0 aliphatic carbocycles. The quantitative estimate of drug-likeness (QED) is 0.780. The van der Waals surface area contributed by atoms with Crippen LogP contribution in [0.2, 0.25) is 0 Å². The summed E-state index contributed by atoms with van der Waals surface area (Å²) in [6, 6.07) is 2.82. The molecule has 2 fully saturated rings. The van der Waals surface area contributed by atoms with Crippen LogP contribution in [0.3, 0.4) is 0 Å². The van der Waals surface area contributed by atoms with E-state index in [2.05, 4.69) is 42.8 Å². The zero-order valence-electron chi connectivity index (χ0n) is 14.4. The van der Waals surface area contributed by atoms with E-state index >= 15 is 0 Å². The fraction of sp³-hybridized carbons (Fsp3) is 0.421. The van der Waals surface area contributed by atoms with Crippen LogP contribution in [-0.4, -0.2) is 57.6 Å². The maximum atomic E-state index is 4.53. The summed E-state index contributed by atoms with van der Waals surface area (Å²) in [7, 11) is 2.26. The maximum Gasteiger partial charge on any atom is 0.139 e. The second-order valence-corrected chi connectivity index (χ2v) is 7.21. The first-order valence-electron chi connectivity index (χ1n) is 8.98. The van der Waals surface area contributed by atoms with E-state index in [1.165, 1.54) is 30.5 Å². The van der Waals surface area contributed by atoms with E-state index in [0.717, 1.165) is 35.8 Å². The Hall–Kier alpha value is -2.47. The van der Waals surface area contributed by atoms with Crippen LogP contribution < -0.4 is 4.90 Å². The van der Waals surface area contributed by atoms with Crippen LogP contribution in [0.1, 0.15) is 12.8 Å². The Morgan fingerprint density at radius 3 is 2.88 bits per heavy atom. The van der Waals surface area contributed by atoms with Gasteiger partial charge < -0.3 is 14.8 Å². The zero-order chi connectivity index (χ0) is 16.8. The van der Waals surface area contributed by atoms with Crippen molar-refractivity contribution >= 4 is 16.7 Å². The number of aromatic nitrogens is 4. The third-order valence-corrected chi connectivity index (χ3v) is 5.90. The predicted molar refractivity (Wildman–Crippen MR) is 98.5 cm³/mol. The van der Waals surface area contributed by atoms with Gasteiger partial charge in [0.15, 0.2) is 0 Å². The Labute approximate surface area is 146 Å². The fourth-order valence-corrected chi connectivity index (χ4v) is 4.54. The van der Waals surface area contributed by atoms with Crippen molar-refractivity contribution in [2.45, 2.75) is 18.9 Å². The number of hydrogen-bond acceptors (Lipinski definition) is 5. The number of anilines is 1. The Bertz CT molecular complexity index is 889. The summed E-state index contributed by atoms with van der Waals surface area (Å²) in [5.41, 5.74) is 4.35. The van der Waals surface area contributed by atoms with Crippen molar-refractivity contribution in [1.29, 1.82) is 0 Å². The third-order valence-electron chi connectivity index (χ3n) is 5.90. The summed E-state index contributed by atoms with van der Waals surface area (Å²) >= 11 is 0. The topological polar surface area (TPSA) is 60.9 Å². The molecule has 0 saturated carbocycles. The second kappa shape index (κ2) is 5.81. The normalized spacial score (nSPS) is 24.0. The van der Waals surface area contributed by atoms with Crippen LogP contribution >= 0.6 is 0 Å². The van der Waals surface area contributed by atoms with E-state index in [0.29, 0.717) is 6.04 Å². The van der Waals surface area contributed by atoms with Gasteiger partial charge in [-0.05, 0) is 38.4 Å². The number of nitrogens with zero attached hydrogens (tertiary/aromatic N) is 5. The van der Waals surface area contributed by atoms with Crippen molar-refractivity contribution in [3.05, 3.63) is 37.2 Å². The van der Waals surface area contributed by atoms with Gasteiger partial charge in [0.25, 0.3) is 0 Å². The first kappa shape index (κ1) is 14.8. The van der Waals surface area contributed by atoms with Crippen molar-refractivity contribution in [2.75, 3.05) is 31.6 Å². The van der Waals surface area contributed by atoms with E-state index in [9.17, 15) is 0 Å². The van der Waals surface area contributed by atoms with Gasteiger partial charge in [-0.2, -0.15) is 0 Å². The molecule has 2 saturated heterocycles. The van der Waals surface area contributed by atoms with Crippen LogP contribution in [0, 0.1) is 5.92 Å². The van der Waals surface area contributed by atoms with Crippen LogP contribution in [0.5, 0.6) is 0 Å². The summed E-state index contributed by atoms with van der Waals surface area (Å²) in [5.74, 6) is 0.854. The summed E-state index contributed by atoms with van der Waals surface area (Å²) in [4.78, 5) is 21.3. The van der Waals surface area contributed by atoms with Gasteiger partial charge >= 0.3 is 0 Å². The molecule has 1 N–H and O–H groups in total. The molecule has 0 aromatic carbocycles. The van der Waals surface area contributed by atoms with Crippen molar-refractivity contribution in [1.82, 2.24) is 24.8 Å². The molecule has 128 valence electrons. The number of likely N-dealkylation sites (N-methyl/N-ethyl adjacent to an activating group) is 1. The van der Waals surface area contributed by atoms with E-state index in [1.807, 2.05) is 24.8 Å². The Balaban J connectivity index is 1.58. The highest BCUT2D eigenvalue weighted by Crippen LogP contribution is 2.38. The number of H-pyrrole nitrogens is 1. The molecule has 3 aromatic rings. The third kappa shape index (κ3) is 2.40. The van der Waals surface area contributed by atoms with Crippen molar-refractivity contribution in [2.24, 2.45) is 5.92 Å². The monoisotopic (exact) mass is 334 g/mol. The van der Waals surface area contributed by atoms with Gasteiger partial charge in [0.2, 0.25) is 0 Å². The first-order chi connectivity index (χ1) is 12.3. The lowest BCUT2D eigenvalue weighted by Gasteiger charge is -2.39. The van der Waals surface area contributed by atoms with Gasteiger partial charge in [-0.15, -0.1) is 0 Å². The number of aromatic amines is 1. The molecule has 2 aliphatic rings. The lowest BCUT2D eigenvalue weighted by molar-refractivity contribution is 0.246. The number of piperidine rings is 1. The van der Waals surface area contributed by atoms with Gasteiger partial charge in [-0.25, -0.2) is 15.0 Å². The smallest absolute Gasteiger partial charge is 0.139 e. The molecule has 0 bridgehead atoms. The first-order valence-corrected chi connectivity index (χ1v) is 8.98. The van der Waals surface area contributed by atoms with Gasteiger partial charge in [0, 0.05) is 60.7 Å². The lowest BCUT2D eigenvalue weighted by Crippen LogP contribution is -2.47. The van der Waals surface area contributed by atoms with Crippen LogP contribution in [0.15, 0.2) is 37.2 Å². The van der Waals surface area contributed by atoms with E-state index in [-0.39, 0.29) is 0 Å². The molecular weight excluding hydrogens is 312 g/mol. The molecular formula is C19H22N6. The Morgan fingerprint density at radius 1 is 1.16 bits per heavy atom. The van der Waals surface area contributed by atoms with Gasteiger partial charge in [-0.3, -0.25) is 0 Å². The van der Waals surface area contributed by atoms with Gasteiger partial charge in [0.1, 0.15) is 12.0 Å². The number of pyridine rings is 1. The number of rotatable bonds is 2. The van der Waals surface area contributed by atoms with Gasteiger partial charge in [-0.1, -0.05) is 0 Å². The van der Waals surface area contributed by atoms with E-state index < -0.39 is 0 Å². The molecule has 6 heteroatoms. The molecule has 3 aromatic heterocycles. The molecule has 2 aliphatic heterocycles.